The third kappa shape index (κ3) is 4.54. The molecule has 0 bridgehead atoms. The van der Waals surface area contributed by atoms with E-state index in [2.05, 4.69) is 30.6 Å². The Hall–Kier alpha value is -3.82. The summed E-state index contributed by atoms with van der Waals surface area (Å²) in [6.45, 7) is 5.61. The van der Waals surface area contributed by atoms with Gasteiger partial charge in [-0.3, -0.25) is 19.6 Å². The predicted octanol–water partition coefficient (Wildman–Crippen LogP) is 1.57. The van der Waals surface area contributed by atoms with Crippen molar-refractivity contribution in [3.05, 3.63) is 42.5 Å². The lowest BCUT2D eigenvalue weighted by molar-refractivity contribution is -0.120. The molecule has 29 heavy (non-hydrogen) atoms. The molecule has 3 aromatic heterocycles. The van der Waals surface area contributed by atoms with Crippen LogP contribution in [-0.2, 0) is 4.79 Å². The minimum atomic E-state index is -0.749. The van der Waals surface area contributed by atoms with Crippen molar-refractivity contribution >= 4 is 40.2 Å². The lowest BCUT2D eigenvalue weighted by atomic mass is 9.86. The van der Waals surface area contributed by atoms with Crippen molar-refractivity contribution in [2.75, 3.05) is 10.6 Å². The number of rotatable bonds is 6. The van der Waals surface area contributed by atoms with Crippen molar-refractivity contribution in [2.24, 2.45) is 16.9 Å². The van der Waals surface area contributed by atoms with Crippen LogP contribution in [0.5, 0.6) is 0 Å². The summed E-state index contributed by atoms with van der Waals surface area (Å²) < 4.78 is 0. The Kier molecular flexibility index (Phi) is 5.26. The highest BCUT2D eigenvalue weighted by Crippen LogP contribution is 2.25. The largest absolute Gasteiger partial charge is 0.368 e. The molecule has 0 saturated carbocycles. The van der Waals surface area contributed by atoms with E-state index in [-0.39, 0.29) is 17.3 Å². The van der Waals surface area contributed by atoms with Gasteiger partial charge in [-0.25, -0.2) is 9.97 Å². The van der Waals surface area contributed by atoms with Gasteiger partial charge in [0, 0.05) is 6.20 Å². The van der Waals surface area contributed by atoms with Crippen LogP contribution in [0.1, 0.15) is 31.3 Å². The molecule has 2 amide bonds. The fraction of sp³-hybridized carbons (Fsp3) is 0.263. The zero-order valence-corrected chi connectivity index (χ0v) is 16.3. The number of carbonyl (C=O) groups excluding carboxylic acids is 2. The van der Waals surface area contributed by atoms with Gasteiger partial charge in [0.15, 0.2) is 11.5 Å². The zero-order valence-electron chi connectivity index (χ0n) is 16.3. The van der Waals surface area contributed by atoms with E-state index < -0.39 is 23.3 Å². The van der Waals surface area contributed by atoms with Crippen LogP contribution < -0.4 is 22.1 Å². The first-order chi connectivity index (χ1) is 13.6. The number of anilines is 3. The summed E-state index contributed by atoms with van der Waals surface area (Å²) in [7, 11) is 0. The molecule has 3 heterocycles. The summed E-state index contributed by atoms with van der Waals surface area (Å²) in [6, 6.07) is 4.69. The van der Waals surface area contributed by atoms with E-state index in [1.807, 2.05) is 26.8 Å². The Morgan fingerprint density at radius 2 is 1.83 bits per heavy atom. The first-order valence-electron chi connectivity index (χ1n) is 8.85. The number of primary amides is 2. The Labute approximate surface area is 167 Å². The molecule has 150 valence electrons. The molecule has 0 radical (unpaired) electrons. The minimum absolute atomic E-state index is 0.0527. The van der Waals surface area contributed by atoms with Crippen LogP contribution in [-0.4, -0.2) is 37.8 Å². The van der Waals surface area contributed by atoms with Crippen LogP contribution in [0.2, 0.25) is 0 Å². The van der Waals surface area contributed by atoms with Crippen molar-refractivity contribution in [1.82, 2.24) is 19.9 Å². The Morgan fingerprint density at radius 1 is 1.07 bits per heavy atom. The summed E-state index contributed by atoms with van der Waals surface area (Å²) in [4.78, 5) is 40.6. The van der Waals surface area contributed by atoms with Gasteiger partial charge in [0.25, 0.3) is 5.91 Å². The summed E-state index contributed by atoms with van der Waals surface area (Å²) in [6.07, 6.45) is 4.56. The number of carbonyl (C=O) groups is 2. The van der Waals surface area contributed by atoms with Crippen molar-refractivity contribution in [3.8, 4) is 0 Å². The van der Waals surface area contributed by atoms with Gasteiger partial charge < -0.3 is 22.1 Å². The van der Waals surface area contributed by atoms with Crippen LogP contribution in [0, 0.1) is 5.41 Å². The maximum absolute atomic E-state index is 11.8. The number of hydrogen-bond donors (Lipinski definition) is 4. The molecule has 10 nitrogen and oxygen atoms in total. The average Bonchev–Trinajstić information content (AvgIpc) is 2.65. The Bertz CT molecular complexity index is 1080. The van der Waals surface area contributed by atoms with Crippen LogP contribution >= 0.6 is 0 Å². The molecule has 10 heteroatoms. The normalized spacial score (nSPS) is 12.4. The number of amides is 2. The number of hydrogen-bond acceptors (Lipinski definition) is 8. The number of nitrogens with two attached hydrogens (primary N) is 2. The van der Waals surface area contributed by atoms with Crippen molar-refractivity contribution in [3.63, 3.8) is 0 Å². The van der Waals surface area contributed by atoms with Crippen LogP contribution in [0.15, 0.2) is 36.8 Å². The monoisotopic (exact) mass is 394 g/mol. The summed E-state index contributed by atoms with van der Waals surface area (Å²) >= 11 is 0. The van der Waals surface area contributed by atoms with E-state index in [1.54, 1.807) is 24.5 Å². The molecule has 0 aliphatic rings. The van der Waals surface area contributed by atoms with Crippen LogP contribution in [0.25, 0.3) is 11.0 Å². The van der Waals surface area contributed by atoms with E-state index in [4.69, 9.17) is 11.5 Å². The summed E-state index contributed by atoms with van der Waals surface area (Å²) in [5, 5.41) is 5.97. The third-order valence-electron chi connectivity index (χ3n) is 4.16. The molecule has 0 saturated heterocycles. The summed E-state index contributed by atoms with van der Waals surface area (Å²) in [5.74, 6) is -0.891. The maximum atomic E-state index is 11.8. The average molecular weight is 394 g/mol. The predicted molar refractivity (Wildman–Crippen MR) is 109 cm³/mol. The summed E-state index contributed by atoms with van der Waals surface area (Å²) in [5.41, 5.74) is 12.4. The second-order valence-electron chi connectivity index (χ2n) is 7.55. The first kappa shape index (κ1) is 19.9. The van der Waals surface area contributed by atoms with Crippen molar-refractivity contribution < 1.29 is 9.59 Å². The highest BCUT2D eigenvalue weighted by molar-refractivity contribution is 5.96. The standard InChI is InChI=1S/C19H22N8O2/c1-19(2,3)15(17(21)29)26-13-9-24-14(16(20)28)18(27-13)25-10-7-12-11(23-8-10)5-4-6-22-12/h4-9,15H,1-3H3,(H2,20,28)(H2,21,29)(H2,25,26,27). The van der Waals surface area contributed by atoms with E-state index >= 15 is 0 Å². The van der Waals surface area contributed by atoms with Gasteiger partial charge in [0.2, 0.25) is 5.91 Å². The molecule has 0 aromatic carbocycles. The number of aromatic nitrogens is 4. The van der Waals surface area contributed by atoms with Gasteiger partial charge in [-0.2, -0.15) is 0 Å². The lowest BCUT2D eigenvalue weighted by Crippen LogP contribution is -2.45. The number of pyridine rings is 2. The molecule has 1 unspecified atom stereocenters. The Balaban J connectivity index is 1.96. The van der Waals surface area contributed by atoms with Crippen molar-refractivity contribution in [1.29, 1.82) is 0 Å². The SMILES string of the molecule is CC(C)(C)C(Nc1cnc(C(N)=O)c(Nc2cnc3cccnc3c2)n1)C(N)=O. The highest BCUT2D eigenvalue weighted by Gasteiger charge is 2.30. The molecule has 3 aromatic rings. The van der Waals surface area contributed by atoms with Crippen molar-refractivity contribution in [2.45, 2.75) is 26.8 Å². The lowest BCUT2D eigenvalue weighted by Gasteiger charge is -2.29. The van der Waals surface area contributed by atoms with Crippen LogP contribution in [0.3, 0.4) is 0 Å². The molecular formula is C19H22N8O2. The molecule has 3 rings (SSSR count). The number of fused-ring (bicyclic) bond motifs is 1. The van der Waals surface area contributed by atoms with Gasteiger partial charge >= 0.3 is 0 Å². The maximum Gasteiger partial charge on any atom is 0.271 e. The van der Waals surface area contributed by atoms with Gasteiger partial charge in [0.1, 0.15) is 11.9 Å². The molecule has 0 aliphatic heterocycles. The molecule has 0 fully saturated rings. The molecule has 0 aliphatic carbocycles. The molecular weight excluding hydrogens is 372 g/mol. The second-order valence-corrected chi connectivity index (χ2v) is 7.55. The van der Waals surface area contributed by atoms with Gasteiger partial charge in [-0.15, -0.1) is 0 Å². The van der Waals surface area contributed by atoms with E-state index in [0.717, 1.165) is 5.52 Å². The highest BCUT2D eigenvalue weighted by atomic mass is 16.1. The topological polar surface area (TPSA) is 162 Å². The molecule has 0 spiro atoms. The van der Waals surface area contributed by atoms with Crippen LogP contribution in [0.4, 0.5) is 17.3 Å². The van der Waals surface area contributed by atoms with E-state index in [1.165, 1.54) is 6.20 Å². The number of nitrogens with one attached hydrogen (secondary N) is 2. The minimum Gasteiger partial charge on any atom is -0.368 e. The first-order valence-corrected chi connectivity index (χ1v) is 8.85. The van der Waals surface area contributed by atoms with E-state index in [9.17, 15) is 9.59 Å². The molecule has 1 atom stereocenters. The third-order valence-corrected chi connectivity index (χ3v) is 4.16. The van der Waals surface area contributed by atoms with Gasteiger partial charge in [-0.1, -0.05) is 20.8 Å². The van der Waals surface area contributed by atoms with Gasteiger partial charge in [0.05, 0.1) is 29.1 Å². The van der Waals surface area contributed by atoms with E-state index in [0.29, 0.717) is 11.2 Å². The fourth-order valence-electron chi connectivity index (χ4n) is 2.75. The fourth-order valence-corrected chi connectivity index (χ4v) is 2.75. The smallest absolute Gasteiger partial charge is 0.271 e. The Morgan fingerprint density at radius 3 is 2.48 bits per heavy atom. The quantitative estimate of drug-likeness (QED) is 0.490. The second kappa shape index (κ2) is 7.66. The number of nitrogens with zero attached hydrogens (tertiary/aromatic N) is 4. The van der Waals surface area contributed by atoms with Gasteiger partial charge in [-0.05, 0) is 23.6 Å². The molecule has 6 N–H and O–H groups in total. The zero-order chi connectivity index (χ0) is 21.2.